The highest BCUT2D eigenvalue weighted by atomic mass is 16.3. The first-order chi connectivity index (χ1) is 14.9. The summed E-state index contributed by atoms with van der Waals surface area (Å²) in [6.07, 6.45) is 3.37. The van der Waals surface area contributed by atoms with E-state index < -0.39 is 0 Å². The molecule has 154 valence electrons. The summed E-state index contributed by atoms with van der Waals surface area (Å²) in [6.45, 7) is 6.24. The molecule has 0 aliphatic rings. The highest BCUT2D eigenvalue weighted by molar-refractivity contribution is 6.05. The minimum atomic E-state index is -0.336. The summed E-state index contributed by atoms with van der Waals surface area (Å²) >= 11 is 0. The van der Waals surface area contributed by atoms with Crippen molar-refractivity contribution in [2.24, 2.45) is 0 Å². The Morgan fingerprint density at radius 3 is 2.61 bits per heavy atom. The van der Waals surface area contributed by atoms with Crippen molar-refractivity contribution >= 4 is 33.7 Å². The first-order valence-electron chi connectivity index (χ1n) is 10.00. The van der Waals surface area contributed by atoms with Gasteiger partial charge in [0.15, 0.2) is 0 Å². The molecule has 0 bridgehead atoms. The second-order valence-electron chi connectivity index (χ2n) is 8.45. The molecule has 0 atom stereocenters. The number of benzene rings is 2. The first kappa shape index (κ1) is 19.0. The van der Waals surface area contributed by atoms with Crippen LogP contribution < -0.4 is 5.32 Å². The number of pyridine rings is 1. The van der Waals surface area contributed by atoms with Crippen LogP contribution in [0, 0.1) is 0 Å². The number of aromatic amines is 1. The van der Waals surface area contributed by atoms with E-state index in [0.29, 0.717) is 23.0 Å². The number of rotatable bonds is 3. The number of oxazole rings is 1. The number of hydrogen-bond acceptors (Lipinski definition) is 5. The van der Waals surface area contributed by atoms with E-state index in [0.717, 1.165) is 27.5 Å². The highest BCUT2D eigenvalue weighted by Crippen LogP contribution is 2.30. The summed E-state index contributed by atoms with van der Waals surface area (Å²) in [5, 5.41) is 4.73. The number of nitrogens with one attached hydrogen (secondary N) is 2. The van der Waals surface area contributed by atoms with E-state index >= 15 is 0 Å². The minimum Gasteiger partial charge on any atom is -0.444 e. The molecule has 2 N–H and O–H groups in total. The van der Waals surface area contributed by atoms with Crippen LogP contribution in [0.15, 0.2) is 65.4 Å². The van der Waals surface area contributed by atoms with E-state index in [2.05, 4.69) is 46.0 Å². The quantitative estimate of drug-likeness (QED) is 0.419. The van der Waals surface area contributed by atoms with Gasteiger partial charge in [0.1, 0.15) is 17.5 Å². The van der Waals surface area contributed by atoms with Gasteiger partial charge in [0.25, 0.3) is 5.91 Å². The predicted molar refractivity (Wildman–Crippen MR) is 120 cm³/mol. The number of nitrogens with zero attached hydrogens (tertiary/aromatic N) is 3. The summed E-state index contributed by atoms with van der Waals surface area (Å²) in [5.74, 6) is 0.499. The number of amides is 1. The Balaban J connectivity index is 1.46. The number of H-pyrrole nitrogens is 1. The maximum Gasteiger partial charge on any atom is 0.276 e. The van der Waals surface area contributed by atoms with Crippen LogP contribution >= 0.6 is 0 Å². The summed E-state index contributed by atoms with van der Waals surface area (Å²) < 4.78 is 5.72. The largest absolute Gasteiger partial charge is 0.444 e. The number of fused-ring (bicyclic) bond motifs is 2. The molecule has 1 amide bonds. The lowest BCUT2D eigenvalue weighted by molar-refractivity contribution is 0.102. The molecule has 5 aromatic rings. The van der Waals surface area contributed by atoms with Crippen LogP contribution in [0.1, 0.15) is 37.0 Å². The molecule has 31 heavy (non-hydrogen) atoms. The lowest BCUT2D eigenvalue weighted by Crippen LogP contribution is -2.14. The molecule has 7 nitrogen and oxygen atoms in total. The number of hydrogen-bond donors (Lipinski definition) is 2. The SMILES string of the molecule is CC(C)(C)c1coc(-c2cccc3[nH]c(NC(=O)c4cc5ccccc5cn4)nc23)n1. The molecule has 0 saturated carbocycles. The summed E-state index contributed by atoms with van der Waals surface area (Å²) in [7, 11) is 0. The lowest BCUT2D eigenvalue weighted by Gasteiger charge is -2.12. The maximum atomic E-state index is 12.7. The molecule has 0 aliphatic carbocycles. The van der Waals surface area contributed by atoms with Crippen molar-refractivity contribution in [1.82, 2.24) is 19.9 Å². The molecule has 3 aromatic heterocycles. The van der Waals surface area contributed by atoms with Crippen LogP contribution in [0.3, 0.4) is 0 Å². The molecule has 2 aromatic carbocycles. The molecular weight excluding hydrogens is 390 g/mol. The number of aromatic nitrogens is 4. The van der Waals surface area contributed by atoms with E-state index in [1.807, 2.05) is 42.5 Å². The van der Waals surface area contributed by atoms with Crippen molar-refractivity contribution in [3.8, 4) is 11.5 Å². The average molecular weight is 411 g/mol. The monoisotopic (exact) mass is 411 g/mol. The second kappa shape index (κ2) is 7.05. The molecular formula is C24H21N5O2. The highest BCUT2D eigenvalue weighted by Gasteiger charge is 2.21. The Bertz CT molecular complexity index is 1420. The molecule has 3 heterocycles. The number of carbonyl (C=O) groups is 1. The van der Waals surface area contributed by atoms with Crippen molar-refractivity contribution < 1.29 is 9.21 Å². The van der Waals surface area contributed by atoms with Crippen molar-refractivity contribution in [2.75, 3.05) is 5.32 Å². The second-order valence-corrected chi connectivity index (χ2v) is 8.45. The maximum absolute atomic E-state index is 12.7. The number of para-hydroxylation sites is 1. The predicted octanol–water partition coefficient (Wildman–Crippen LogP) is 5.32. The molecule has 7 heteroatoms. The Morgan fingerprint density at radius 2 is 1.84 bits per heavy atom. The third kappa shape index (κ3) is 3.54. The van der Waals surface area contributed by atoms with Crippen LogP contribution in [0.25, 0.3) is 33.3 Å². The van der Waals surface area contributed by atoms with Gasteiger partial charge < -0.3 is 9.40 Å². The van der Waals surface area contributed by atoms with Gasteiger partial charge in [-0.3, -0.25) is 15.1 Å². The minimum absolute atomic E-state index is 0.118. The number of imidazole rings is 1. The number of anilines is 1. The fourth-order valence-electron chi connectivity index (χ4n) is 3.39. The van der Waals surface area contributed by atoms with Crippen molar-refractivity contribution in [3.05, 3.63) is 72.4 Å². The smallest absolute Gasteiger partial charge is 0.276 e. The molecule has 0 unspecified atom stereocenters. The van der Waals surface area contributed by atoms with Crippen LogP contribution in [0.2, 0.25) is 0 Å². The average Bonchev–Trinajstić information content (AvgIpc) is 3.40. The van der Waals surface area contributed by atoms with Gasteiger partial charge in [-0.05, 0) is 23.6 Å². The third-order valence-corrected chi connectivity index (χ3v) is 5.11. The zero-order valence-electron chi connectivity index (χ0n) is 17.4. The molecule has 5 rings (SSSR count). The van der Waals surface area contributed by atoms with E-state index in [1.54, 1.807) is 18.5 Å². The number of carbonyl (C=O) groups excluding carboxylic acids is 1. The van der Waals surface area contributed by atoms with Crippen LogP contribution in [0.5, 0.6) is 0 Å². The van der Waals surface area contributed by atoms with Gasteiger partial charge in [-0.1, -0.05) is 51.1 Å². The molecule has 0 spiro atoms. The van der Waals surface area contributed by atoms with E-state index in [9.17, 15) is 4.79 Å². The van der Waals surface area contributed by atoms with E-state index in [-0.39, 0.29) is 11.3 Å². The molecule has 0 fully saturated rings. The van der Waals surface area contributed by atoms with Gasteiger partial charge >= 0.3 is 0 Å². The Morgan fingerprint density at radius 1 is 1.03 bits per heavy atom. The standard InChI is InChI=1S/C24H21N5O2/c1-24(2,3)19-13-31-22(27-19)16-9-6-10-17-20(16)28-23(26-17)29-21(30)18-11-14-7-4-5-8-15(14)12-25-18/h4-13H,1-3H3,(H2,26,28,29,30). The lowest BCUT2D eigenvalue weighted by atomic mass is 9.93. The van der Waals surface area contributed by atoms with Crippen molar-refractivity contribution in [1.29, 1.82) is 0 Å². The van der Waals surface area contributed by atoms with E-state index in [4.69, 9.17) is 4.42 Å². The van der Waals surface area contributed by atoms with Gasteiger partial charge in [0.05, 0.1) is 16.8 Å². The van der Waals surface area contributed by atoms with Gasteiger partial charge in [-0.2, -0.15) is 0 Å². The Kier molecular flexibility index (Phi) is 4.32. The molecule has 0 saturated heterocycles. The third-order valence-electron chi connectivity index (χ3n) is 5.11. The van der Waals surface area contributed by atoms with Gasteiger partial charge in [-0.15, -0.1) is 0 Å². The zero-order valence-corrected chi connectivity index (χ0v) is 17.4. The van der Waals surface area contributed by atoms with Gasteiger partial charge in [0, 0.05) is 17.0 Å². The van der Waals surface area contributed by atoms with Gasteiger partial charge in [0.2, 0.25) is 11.8 Å². The molecule has 0 radical (unpaired) electrons. The summed E-state index contributed by atoms with van der Waals surface area (Å²) in [4.78, 5) is 29.4. The fraction of sp³-hybridized carbons (Fsp3) is 0.167. The normalized spacial score (nSPS) is 11.8. The fourth-order valence-corrected chi connectivity index (χ4v) is 3.39. The van der Waals surface area contributed by atoms with Crippen LogP contribution in [0.4, 0.5) is 5.95 Å². The van der Waals surface area contributed by atoms with Crippen LogP contribution in [-0.4, -0.2) is 25.8 Å². The molecule has 0 aliphatic heterocycles. The van der Waals surface area contributed by atoms with Crippen LogP contribution in [-0.2, 0) is 5.41 Å². The van der Waals surface area contributed by atoms with E-state index in [1.165, 1.54) is 0 Å². The summed E-state index contributed by atoms with van der Waals surface area (Å²) in [6, 6.07) is 15.2. The zero-order chi connectivity index (χ0) is 21.6. The first-order valence-corrected chi connectivity index (χ1v) is 10.00. The van der Waals surface area contributed by atoms with Crippen molar-refractivity contribution in [2.45, 2.75) is 26.2 Å². The Hall–Kier alpha value is -4.00. The van der Waals surface area contributed by atoms with Crippen molar-refractivity contribution in [3.63, 3.8) is 0 Å². The summed E-state index contributed by atoms with van der Waals surface area (Å²) in [5.41, 5.74) is 3.27. The topological polar surface area (TPSA) is 96.7 Å². The van der Waals surface area contributed by atoms with Gasteiger partial charge in [-0.25, -0.2) is 9.97 Å². The Labute approximate surface area is 178 Å².